The lowest BCUT2D eigenvalue weighted by molar-refractivity contribution is 0.581. The van der Waals surface area contributed by atoms with Crippen LogP contribution in [0.4, 0.5) is 0 Å². The Morgan fingerprint density at radius 3 is 2.04 bits per heavy atom. The monoisotopic (exact) mass is 312 g/mol. The molecule has 0 bridgehead atoms. The van der Waals surface area contributed by atoms with Crippen LogP contribution < -0.4 is 0 Å². The molecule has 0 heteroatoms. The van der Waals surface area contributed by atoms with Crippen LogP contribution in [0.1, 0.15) is 54.5 Å². The Morgan fingerprint density at radius 1 is 0.667 bits per heavy atom. The Hall–Kier alpha value is -2.34. The average molecular weight is 312 g/mol. The second-order valence-corrected chi connectivity index (χ2v) is 7.95. The molecule has 0 fully saturated rings. The van der Waals surface area contributed by atoms with Crippen molar-refractivity contribution >= 4 is 0 Å². The van der Waals surface area contributed by atoms with Crippen molar-refractivity contribution in [3.05, 3.63) is 94.5 Å². The Bertz CT molecular complexity index is 909. The molecule has 0 radical (unpaired) electrons. The van der Waals surface area contributed by atoms with E-state index in [1.807, 2.05) is 0 Å². The standard InChI is InChI=1S/C24H24/c1-16-13-14-18-17-9-5-6-10-19(17)23(21(18)15-16)20-11-7-8-12-22(20)24(2,3)4/h5-15,23H,1-4H3/t23-/m1/s1. The topological polar surface area (TPSA) is 0 Å². The summed E-state index contributed by atoms with van der Waals surface area (Å²) in [6.45, 7) is 9.12. The van der Waals surface area contributed by atoms with Crippen LogP contribution in [0.2, 0.25) is 0 Å². The molecule has 1 aliphatic carbocycles. The van der Waals surface area contributed by atoms with Gasteiger partial charge in [-0.2, -0.15) is 0 Å². The molecule has 3 aromatic carbocycles. The van der Waals surface area contributed by atoms with E-state index >= 15 is 0 Å². The van der Waals surface area contributed by atoms with Gasteiger partial charge in [0.15, 0.2) is 0 Å². The van der Waals surface area contributed by atoms with Gasteiger partial charge < -0.3 is 0 Å². The highest BCUT2D eigenvalue weighted by Gasteiger charge is 2.32. The molecule has 120 valence electrons. The Labute approximate surface area is 145 Å². The molecule has 0 aromatic heterocycles. The summed E-state index contributed by atoms with van der Waals surface area (Å²) in [5.74, 6) is 0.339. The van der Waals surface area contributed by atoms with Gasteiger partial charge >= 0.3 is 0 Å². The minimum absolute atomic E-state index is 0.137. The van der Waals surface area contributed by atoms with Crippen LogP contribution in [-0.4, -0.2) is 0 Å². The first-order valence-electron chi connectivity index (χ1n) is 8.76. The maximum absolute atomic E-state index is 2.37. The van der Waals surface area contributed by atoms with Crippen molar-refractivity contribution in [2.75, 3.05) is 0 Å². The van der Waals surface area contributed by atoms with Crippen LogP contribution in [0.25, 0.3) is 11.1 Å². The fraction of sp³-hybridized carbons (Fsp3) is 0.250. The highest BCUT2D eigenvalue weighted by molar-refractivity contribution is 5.81. The van der Waals surface area contributed by atoms with Gasteiger partial charge in [0.05, 0.1) is 0 Å². The number of aryl methyl sites for hydroxylation is 1. The van der Waals surface area contributed by atoms with E-state index in [2.05, 4.69) is 94.4 Å². The first-order valence-corrected chi connectivity index (χ1v) is 8.76. The lowest BCUT2D eigenvalue weighted by Crippen LogP contribution is -2.16. The molecule has 3 aromatic rings. The summed E-state index contributed by atoms with van der Waals surface area (Å²) in [6.07, 6.45) is 0. The van der Waals surface area contributed by atoms with Crippen LogP contribution >= 0.6 is 0 Å². The summed E-state index contributed by atoms with van der Waals surface area (Å²) in [5, 5.41) is 0. The lowest BCUT2D eigenvalue weighted by atomic mass is 9.77. The van der Waals surface area contributed by atoms with E-state index in [9.17, 15) is 0 Å². The second kappa shape index (κ2) is 5.34. The van der Waals surface area contributed by atoms with Gasteiger partial charge in [0, 0.05) is 5.92 Å². The van der Waals surface area contributed by atoms with Gasteiger partial charge in [-0.3, -0.25) is 0 Å². The zero-order valence-electron chi connectivity index (χ0n) is 14.9. The Balaban J connectivity index is 2.02. The highest BCUT2D eigenvalue weighted by atomic mass is 14.4. The van der Waals surface area contributed by atoms with E-state index in [1.54, 1.807) is 0 Å². The van der Waals surface area contributed by atoms with Crippen molar-refractivity contribution in [1.29, 1.82) is 0 Å². The predicted molar refractivity (Wildman–Crippen MR) is 103 cm³/mol. The zero-order valence-corrected chi connectivity index (χ0v) is 14.9. The molecule has 1 atom stereocenters. The largest absolute Gasteiger partial charge is 0.0620 e. The van der Waals surface area contributed by atoms with Crippen LogP contribution in [0.15, 0.2) is 66.7 Å². The van der Waals surface area contributed by atoms with E-state index in [0.29, 0.717) is 5.92 Å². The molecule has 0 saturated heterocycles. The van der Waals surface area contributed by atoms with Gasteiger partial charge in [0.25, 0.3) is 0 Å². The van der Waals surface area contributed by atoms with E-state index < -0.39 is 0 Å². The third kappa shape index (κ3) is 2.29. The number of hydrogen-bond acceptors (Lipinski definition) is 0. The van der Waals surface area contributed by atoms with Crippen LogP contribution in [0.3, 0.4) is 0 Å². The van der Waals surface area contributed by atoms with Crippen molar-refractivity contribution in [2.45, 2.75) is 39.0 Å². The lowest BCUT2D eigenvalue weighted by Gasteiger charge is -2.27. The second-order valence-electron chi connectivity index (χ2n) is 7.95. The molecule has 0 spiro atoms. The molecule has 0 aliphatic heterocycles. The molecular formula is C24H24. The van der Waals surface area contributed by atoms with E-state index in [4.69, 9.17) is 0 Å². The number of benzene rings is 3. The van der Waals surface area contributed by atoms with Gasteiger partial charge in [-0.1, -0.05) is 93.1 Å². The molecule has 0 nitrogen and oxygen atoms in total. The maximum Gasteiger partial charge on any atom is 0.0355 e. The van der Waals surface area contributed by atoms with Crippen molar-refractivity contribution in [1.82, 2.24) is 0 Å². The number of fused-ring (bicyclic) bond motifs is 3. The molecule has 0 heterocycles. The van der Waals surface area contributed by atoms with E-state index in [1.165, 1.54) is 38.9 Å². The van der Waals surface area contributed by atoms with Crippen molar-refractivity contribution < 1.29 is 0 Å². The minimum Gasteiger partial charge on any atom is -0.0620 e. The summed E-state index contributed by atoms with van der Waals surface area (Å²) in [5.41, 5.74) is 10.0. The highest BCUT2D eigenvalue weighted by Crippen LogP contribution is 2.49. The molecule has 0 N–H and O–H groups in total. The predicted octanol–water partition coefficient (Wildman–Crippen LogP) is 6.45. The summed E-state index contributed by atoms with van der Waals surface area (Å²) in [4.78, 5) is 0. The van der Waals surface area contributed by atoms with Gasteiger partial charge in [-0.05, 0) is 45.7 Å². The number of hydrogen-bond donors (Lipinski definition) is 0. The first kappa shape index (κ1) is 15.2. The fourth-order valence-electron chi connectivity index (χ4n) is 4.09. The fourth-order valence-corrected chi connectivity index (χ4v) is 4.09. The van der Waals surface area contributed by atoms with Crippen LogP contribution in [0.5, 0.6) is 0 Å². The molecule has 0 unspecified atom stereocenters. The summed E-state index contributed by atoms with van der Waals surface area (Å²) < 4.78 is 0. The molecule has 1 aliphatic rings. The molecule has 24 heavy (non-hydrogen) atoms. The zero-order chi connectivity index (χ0) is 16.9. The van der Waals surface area contributed by atoms with E-state index in [-0.39, 0.29) is 5.41 Å². The van der Waals surface area contributed by atoms with Gasteiger partial charge in [-0.15, -0.1) is 0 Å². The van der Waals surface area contributed by atoms with Crippen LogP contribution in [0, 0.1) is 6.92 Å². The Morgan fingerprint density at radius 2 is 1.29 bits per heavy atom. The summed E-state index contributed by atoms with van der Waals surface area (Å²) >= 11 is 0. The van der Waals surface area contributed by atoms with Crippen molar-refractivity contribution in [2.24, 2.45) is 0 Å². The SMILES string of the molecule is Cc1ccc2c(c1)[C@@H](c1ccccc1C(C)(C)C)c1ccccc1-2. The maximum atomic E-state index is 2.37. The van der Waals surface area contributed by atoms with Gasteiger partial charge in [0.2, 0.25) is 0 Å². The van der Waals surface area contributed by atoms with Crippen LogP contribution in [-0.2, 0) is 5.41 Å². The Kier molecular flexibility index (Phi) is 3.38. The third-order valence-corrected chi connectivity index (χ3v) is 5.16. The first-order chi connectivity index (χ1) is 11.5. The molecule has 4 rings (SSSR count). The van der Waals surface area contributed by atoms with Gasteiger partial charge in [0.1, 0.15) is 0 Å². The van der Waals surface area contributed by atoms with Crippen molar-refractivity contribution in [3.8, 4) is 11.1 Å². The summed E-state index contributed by atoms with van der Waals surface area (Å²) in [6, 6.07) is 24.8. The van der Waals surface area contributed by atoms with E-state index in [0.717, 1.165) is 0 Å². The molecular weight excluding hydrogens is 288 g/mol. The quantitative estimate of drug-likeness (QED) is 0.379. The van der Waals surface area contributed by atoms with Crippen molar-refractivity contribution in [3.63, 3.8) is 0 Å². The normalized spacial score (nSPS) is 15.9. The van der Waals surface area contributed by atoms with Gasteiger partial charge in [-0.25, -0.2) is 0 Å². The molecule has 0 saturated carbocycles. The third-order valence-electron chi connectivity index (χ3n) is 5.16. The number of rotatable bonds is 1. The summed E-state index contributed by atoms with van der Waals surface area (Å²) in [7, 11) is 0. The smallest absolute Gasteiger partial charge is 0.0355 e. The average Bonchev–Trinajstić information content (AvgIpc) is 2.87. The molecule has 0 amide bonds. The minimum atomic E-state index is 0.137.